The molecule has 2 aromatic rings. The predicted octanol–water partition coefficient (Wildman–Crippen LogP) is 4.07. The van der Waals surface area contributed by atoms with E-state index in [9.17, 15) is 19.1 Å². The number of carbonyl (C=O) groups is 2. The van der Waals surface area contributed by atoms with Gasteiger partial charge >= 0.3 is 0 Å². The van der Waals surface area contributed by atoms with Gasteiger partial charge < -0.3 is 19.6 Å². The summed E-state index contributed by atoms with van der Waals surface area (Å²) >= 11 is 0. The number of ketones is 1. The number of halogens is 1. The molecule has 0 saturated carbocycles. The van der Waals surface area contributed by atoms with Gasteiger partial charge in [0.05, 0.1) is 11.6 Å². The van der Waals surface area contributed by atoms with Crippen molar-refractivity contribution in [3.63, 3.8) is 0 Å². The first-order chi connectivity index (χ1) is 15.8. The van der Waals surface area contributed by atoms with E-state index in [0.717, 1.165) is 0 Å². The van der Waals surface area contributed by atoms with Gasteiger partial charge in [0.1, 0.15) is 23.9 Å². The second-order valence-electron chi connectivity index (χ2n) is 8.25. The van der Waals surface area contributed by atoms with Gasteiger partial charge in [-0.3, -0.25) is 9.59 Å². The molecule has 1 aliphatic heterocycles. The van der Waals surface area contributed by atoms with E-state index in [1.165, 1.54) is 17.0 Å². The van der Waals surface area contributed by atoms with E-state index in [1.54, 1.807) is 43.3 Å². The Kier molecular flexibility index (Phi) is 7.66. The molecule has 0 bridgehead atoms. The Morgan fingerprint density at radius 3 is 2.61 bits per heavy atom. The molecule has 7 heteroatoms. The van der Waals surface area contributed by atoms with Crippen LogP contribution in [0.4, 0.5) is 4.39 Å². The molecule has 0 aliphatic carbocycles. The summed E-state index contributed by atoms with van der Waals surface area (Å²) in [5.74, 6) is -1.86. The molecule has 1 heterocycles. The highest BCUT2D eigenvalue weighted by Gasteiger charge is 2.46. The highest BCUT2D eigenvalue weighted by molar-refractivity contribution is 6.46. The molecule has 1 atom stereocenters. The van der Waals surface area contributed by atoms with Crippen LogP contribution in [-0.4, -0.2) is 60.4 Å². The number of ether oxygens (including phenoxy) is 1. The highest BCUT2D eigenvalue weighted by Crippen LogP contribution is 2.41. The number of hydrogen-bond acceptors (Lipinski definition) is 5. The van der Waals surface area contributed by atoms with Crippen molar-refractivity contribution in [3.8, 4) is 5.75 Å². The van der Waals surface area contributed by atoms with Crippen LogP contribution in [0.5, 0.6) is 5.75 Å². The van der Waals surface area contributed by atoms with E-state index in [4.69, 9.17) is 4.74 Å². The molecular formula is C26H29FN2O4. The molecule has 1 amide bonds. The van der Waals surface area contributed by atoms with Crippen LogP contribution in [0.2, 0.25) is 0 Å². The molecule has 1 N–H and O–H groups in total. The molecule has 2 aromatic carbocycles. The van der Waals surface area contributed by atoms with E-state index < -0.39 is 23.5 Å². The topological polar surface area (TPSA) is 70.1 Å². The predicted molar refractivity (Wildman–Crippen MR) is 125 cm³/mol. The standard InChI is InChI=1S/C26H29FN2O4/c1-5-15-33-18-11-12-19(17(2)16-18)24(30)22-23(20-9-6-7-10-21(20)27)29(26(32)25(22)31)14-8-13-28(3)4/h5-7,9-12,16,23,30H,1,8,13-15H2,2-4H3/b24-22+. The summed E-state index contributed by atoms with van der Waals surface area (Å²) in [5.41, 5.74) is 1.10. The van der Waals surface area contributed by atoms with Crippen molar-refractivity contribution < 1.29 is 23.8 Å². The zero-order chi connectivity index (χ0) is 24.1. The zero-order valence-electron chi connectivity index (χ0n) is 19.2. The van der Waals surface area contributed by atoms with Gasteiger partial charge in [0.15, 0.2) is 0 Å². The Bertz CT molecular complexity index is 1090. The van der Waals surface area contributed by atoms with Gasteiger partial charge in [0.2, 0.25) is 0 Å². The quantitative estimate of drug-likeness (QED) is 0.269. The lowest BCUT2D eigenvalue weighted by Crippen LogP contribution is -2.32. The van der Waals surface area contributed by atoms with Crippen molar-refractivity contribution in [1.82, 2.24) is 9.80 Å². The van der Waals surface area contributed by atoms with Gasteiger partial charge in [-0.15, -0.1) is 0 Å². The SMILES string of the molecule is C=CCOc1ccc(/C(O)=C2\C(=O)C(=O)N(CCCN(C)C)C2c2ccccc2F)c(C)c1. The van der Waals surface area contributed by atoms with Crippen LogP contribution in [-0.2, 0) is 9.59 Å². The number of Topliss-reactive ketones (excluding diaryl/α,β-unsaturated/α-hetero) is 1. The smallest absolute Gasteiger partial charge is 0.295 e. The average molecular weight is 453 g/mol. The minimum Gasteiger partial charge on any atom is -0.507 e. The third-order valence-corrected chi connectivity index (χ3v) is 5.56. The van der Waals surface area contributed by atoms with Crippen LogP contribution in [0.3, 0.4) is 0 Å². The number of rotatable bonds is 9. The Balaban J connectivity index is 2.10. The second-order valence-corrected chi connectivity index (χ2v) is 8.25. The summed E-state index contributed by atoms with van der Waals surface area (Å²) in [6.45, 7) is 6.66. The summed E-state index contributed by atoms with van der Waals surface area (Å²) in [5, 5.41) is 11.2. The van der Waals surface area contributed by atoms with Crippen molar-refractivity contribution in [2.24, 2.45) is 0 Å². The fourth-order valence-corrected chi connectivity index (χ4v) is 3.98. The van der Waals surface area contributed by atoms with Gasteiger partial charge in [0, 0.05) is 17.7 Å². The monoisotopic (exact) mass is 452 g/mol. The van der Waals surface area contributed by atoms with Crippen molar-refractivity contribution in [1.29, 1.82) is 0 Å². The molecular weight excluding hydrogens is 423 g/mol. The minimum atomic E-state index is -1.01. The largest absolute Gasteiger partial charge is 0.507 e. The first kappa shape index (κ1) is 24.2. The number of nitrogens with zero attached hydrogens (tertiary/aromatic N) is 2. The molecule has 3 rings (SSSR count). The van der Waals surface area contributed by atoms with E-state index in [0.29, 0.717) is 36.4 Å². The number of aliphatic hydroxyl groups is 1. The maximum Gasteiger partial charge on any atom is 0.295 e. The summed E-state index contributed by atoms with van der Waals surface area (Å²) in [6, 6.07) is 10.0. The van der Waals surface area contributed by atoms with E-state index in [2.05, 4.69) is 6.58 Å². The number of amides is 1. The molecule has 1 aliphatic rings. The van der Waals surface area contributed by atoms with Crippen LogP contribution < -0.4 is 4.74 Å². The van der Waals surface area contributed by atoms with E-state index in [1.807, 2.05) is 19.0 Å². The molecule has 0 spiro atoms. The maximum absolute atomic E-state index is 14.8. The van der Waals surface area contributed by atoms with Gasteiger partial charge in [-0.05, 0) is 63.8 Å². The number of aliphatic hydroxyl groups excluding tert-OH is 1. The van der Waals surface area contributed by atoms with Gasteiger partial charge in [-0.1, -0.05) is 30.9 Å². The fraction of sp³-hybridized carbons (Fsp3) is 0.308. The molecule has 174 valence electrons. The molecule has 1 fully saturated rings. The van der Waals surface area contributed by atoms with Crippen LogP contribution in [0.25, 0.3) is 5.76 Å². The molecule has 0 aromatic heterocycles. The van der Waals surface area contributed by atoms with Crippen molar-refractivity contribution in [3.05, 3.63) is 83.2 Å². The van der Waals surface area contributed by atoms with Crippen LogP contribution in [0, 0.1) is 12.7 Å². The van der Waals surface area contributed by atoms with Crippen molar-refractivity contribution in [2.45, 2.75) is 19.4 Å². The number of hydrogen-bond donors (Lipinski definition) is 1. The molecule has 1 unspecified atom stereocenters. The maximum atomic E-state index is 14.8. The fourth-order valence-electron chi connectivity index (χ4n) is 3.98. The normalized spacial score (nSPS) is 17.6. The molecule has 33 heavy (non-hydrogen) atoms. The molecule has 1 saturated heterocycles. The first-order valence-electron chi connectivity index (χ1n) is 10.8. The first-order valence-corrected chi connectivity index (χ1v) is 10.8. The molecule has 0 radical (unpaired) electrons. The lowest BCUT2D eigenvalue weighted by molar-refractivity contribution is -0.140. The molecule has 6 nitrogen and oxygen atoms in total. The summed E-state index contributed by atoms with van der Waals surface area (Å²) < 4.78 is 20.3. The zero-order valence-corrected chi connectivity index (χ0v) is 19.2. The van der Waals surface area contributed by atoms with Crippen LogP contribution in [0.1, 0.15) is 29.2 Å². The average Bonchev–Trinajstić information content (AvgIpc) is 3.02. The van der Waals surface area contributed by atoms with Crippen LogP contribution >= 0.6 is 0 Å². The van der Waals surface area contributed by atoms with Crippen molar-refractivity contribution >= 4 is 17.4 Å². The number of carbonyl (C=O) groups excluding carboxylic acids is 2. The number of likely N-dealkylation sites (tertiary alicyclic amines) is 1. The Hall–Kier alpha value is -3.45. The van der Waals surface area contributed by atoms with Crippen molar-refractivity contribution in [2.75, 3.05) is 33.8 Å². The van der Waals surface area contributed by atoms with Gasteiger partial charge in [0.25, 0.3) is 11.7 Å². The lowest BCUT2D eigenvalue weighted by Gasteiger charge is -2.26. The number of aryl methyl sites for hydroxylation is 1. The number of benzene rings is 2. The van der Waals surface area contributed by atoms with Gasteiger partial charge in [-0.25, -0.2) is 4.39 Å². The summed E-state index contributed by atoms with van der Waals surface area (Å²) in [6.07, 6.45) is 2.22. The third-order valence-electron chi connectivity index (χ3n) is 5.56. The third kappa shape index (κ3) is 5.14. The van der Waals surface area contributed by atoms with E-state index in [-0.39, 0.29) is 23.4 Å². The van der Waals surface area contributed by atoms with Crippen LogP contribution in [0.15, 0.2) is 60.7 Å². The second kappa shape index (κ2) is 10.4. The Labute approximate surface area is 193 Å². The van der Waals surface area contributed by atoms with E-state index >= 15 is 0 Å². The lowest BCUT2D eigenvalue weighted by atomic mass is 9.93. The Morgan fingerprint density at radius 1 is 1.24 bits per heavy atom. The van der Waals surface area contributed by atoms with Gasteiger partial charge in [-0.2, -0.15) is 0 Å². The highest BCUT2D eigenvalue weighted by atomic mass is 19.1. The Morgan fingerprint density at radius 2 is 1.97 bits per heavy atom. The minimum absolute atomic E-state index is 0.113. The summed E-state index contributed by atoms with van der Waals surface area (Å²) in [7, 11) is 3.82. The summed E-state index contributed by atoms with van der Waals surface area (Å²) in [4.78, 5) is 29.3.